The van der Waals surface area contributed by atoms with Crippen molar-refractivity contribution in [1.29, 1.82) is 0 Å². The number of nitrogens with one attached hydrogen (secondary N) is 1. The molecule has 0 aliphatic carbocycles. The van der Waals surface area contributed by atoms with E-state index in [0.29, 0.717) is 19.6 Å². The van der Waals surface area contributed by atoms with E-state index < -0.39 is 6.04 Å². The van der Waals surface area contributed by atoms with Gasteiger partial charge in [-0.2, -0.15) is 0 Å². The third-order valence-electron chi connectivity index (χ3n) is 6.39. The van der Waals surface area contributed by atoms with Gasteiger partial charge >= 0.3 is 0 Å². The van der Waals surface area contributed by atoms with Gasteiger partial charge in [0.05, 0.1) is 19.2 Å². The van der Waals surface area contributed by atoms with Crippen molar-refractivity contribution >= 4 is 22.7 Å². The van der Waals surface area contributed by atoms with E-state index in [1.54, 1.807) is 12.0 Å². The molecular formula is C24H25N3O3. The number of piperazine rings is 1. The molecule has 3 heterocycles. The van der Waals surface area contributed by atoms with Crippen molar-refractivity contribution in [3.05, 3.63) is 70.9 Å². The number of fused-ring (bicyclic) bond motifs is 4. The van der Waals surface area contributed by atoms with Gasteiger partial charge in [-0.3, -0.25) is 9.59 Å². The van der Waals surface area contributed by atoms with Crippen LogP contribution in [0.3, 0.4) is 0 Å². The van der Waals surface area contributed by atoms with Crippen molar-refractivity contribution in [2.75, 3.05) is 26.8 Å². The summed E-state index contributed by atoms with van der Waals surface area (Å²) in [5.74, 6) is -0.0190. The van der Waals surface area contributed by atoms with Crippen molar-refractivity contribution in [3.63, 3.8) is 0 Å². The molecule has 0 saturated carbocycles. The summed E-state index contributed by atoms with van der Waals surface area (Å²) in [6.45, 7) is 3.01. The van der Waals surface area contributed by atoms with E-state index in [2.05, 4.69) is 36.2 Å². The number of H-pyrrole nitrogens is 1. The second-order valence-electron chi connectivity index (χ2n) is 8.10. The van der Waals surface area contributed by atoms with Gasteiger partial charge in [0.25, 0.3) is 0 Å². The van der Waals surface area contributed by atoms with Gasteiger partial charge in [0.2, 0.25) is 11.8 Å². The minimum absolute atomic E-state index is 0.00108. The molecule has 6 nitrogen and oxygen atoms in total. The maximum absolute atomic E-state index is 13.4. The van der Waals surface area contributed by atoms with Gasteiger partial charge in [-0.05, 0) is 29.7 Å². The normalized spacial score (nSPS) is 21.1. The number of carbonyl (C=O) groups is 2. The fourth-order valence-corrected chi connectivity index (χ4v) is 4.93. The van der Waals surface area contributed by atoms with E-state index in [-0.39, 0.29) is 24.4 Å². The Hall–Kier alpha value is -3.12. The highest BCUT2D eigenvalue weighted by atomic mass is 16.5. The van der Waals surface area contributed by atoms with Crippen LogP contribution in [0.1, 0.15) is 28.4 Å². The number of amides is 2. The summed E-state index contributed by atoms with van der Waals surface area (Å²) in [5.41, 5.74) is 5.36. The molecule has 0 bridgehead atoms. The van der Waals surface area contributed by atoms with Crippen LogP contribution in [0, 0.1) is 6.92 Å². The van der Waals surface area contributed by atoms with E-state index in [1.165, 1.54) is 0 Å². The van der Waals surface area contributed by atoms with E-state index in [0.717, 1.165) is 33.3 Å². The lowest BCUT2D eigenvalue weighted by atomic mass is 9.85. The monoisotopic (exact) mass is 403 g/mol. The zero-order valence-electron chi connectivity index (χ0n) is 17.2. The third-order valence-corrected chi connectivity index (χ3v) is 6.39. The number of aryl methyl sites for hydroxylation is 1. The minimum Gasteiger partial charge on any atom is -0.383 e. The lowest BCUT2D eigenvalue weighted by Crippen LogP contribution is -2.63. The first-order chi connectivity index (χ1) is 14.6. The largest absolute Gasteiger partial charge is 0.383 e. The average molecular weight is 403 g/mol. The summed E-state index contributed by atoms with van der Waals surface area (Å²) in [6.07, 6.45) is 0.524. The molecule has 30 heavy (non-hydrogen) atoms. The van der Waals surface area contributed by atoms with Crippen LogP contribution >= 0.6 is 0 Å². The standard InChI is InChI=1S/C24H25N3O3/c1-15-7-3-4-8-16(15)23-22-18(17-9-5-6-10-19(17)25-22)13-20-24(29)26(11-12-30-2)14-21(28)27(20)23/h3-10,20,23,25H,11-14H2,1-2H3. The SMILES string of the molecule is COCCN1CC(=O)N2C(Cc3c([nH]c4ccccc34)C2c2ccccc2C)C1=O. The number of hydrogen-bond donors (Lipinski definition) is 1. The third kappa shape index (κ3) is 2.82. The number of para-hydroxylation sites is 1. The predicted molar refractivity (Wildman–Crippen MR) is 114 cm³/mol. The van der Waals surface area contributed by atoms with Crippen LogP contribution in [-0.4, -0.2) is 59.4 Å². The lowest BCUT2D eigenvalue weighted by Gasteiger charge is -2.47. The molecule has 5 rings (SSSR count). The molecule has 1 fully saturated rings. The molecule has 1 aromatic heterocycles. The van der Waals surface area contributed by atoms with Gasteiger partial charge in [0, 0.05) is 36.7 Å². The molecule has 2 atom stereocenters. The second-order valence-corrected chi connectivity index (χ2v) is 8.10. The van der Waals surface area contributed by atoms with Crippen LogP contribution in [0.2, 0.25) is 0 Å². The van der Waals surface area contributed by atoms with Gasteiger partial charge in [-0.1, -0.05) is 42.5 Å². The summed E-state index contributed by atoms with van der Waals surface area (Å²) in [6, 6.07) is 15.5. The Bertz CT molecular complexity index is 1140. The van der Waals surface area contributed by atoms with Gasteiger partial charge < -0.3 is 19.5 Å². The first-order valence-corrected chi connectivity index (χ1v) is 10.3. The van der Waals surface area contributed by atoms with Crippen molar-refractivity contribution in [1.82, 2.24) is 14.8 Å². The Balaban J connectivity index is 1.68. The van der Waals surface area contributed by atoms with Crippen LogP contribution in [-0.2, 0) is 20.7 Å². The fourth-order valence-electron chi connectivity index (χ4n) is 4.93. The van der Waals surface area contributed by atoms with Gasteiger partial charge in [0.1, 0.15) is 6.04 Å². The highest BCUT2D eigenvalue weighted by Crippen LogP contribution is 2.43. The van der Waals surface area contributed by atoms with E-state index in [1.807, 2.05) is 29.2 Å². The number of ether oxygens (including phenoxy) is 1. The number of hydrogen-bond acceptors (Lipinski definition) is 3. The number of rotatable bonds is 4. The summed E-state index contributed by atoms with van der Waals surface area (Å²) in [5, 5.41) is 1.12. The van der Waals surface area contributed by atoms with Crippen LogP contribution in [0.25, 0.3) is 10.9 Å². The molecule has 0 spiro atoms. The summed E-state index contributed by atoms with van der Waals surface area (Å²) in [7, 11) is 1.61. The fraction of sp³-hybridized carbons (Fsp3) is 0.333. The molecule has 2 unspecified atom stereocenters. The molecule has 1 N–H and O–H groups in total. The predicted octanol–water partition coefficient (Wildman–Crippen LogP) is 2.81. The zero-order chi connectivity index (χ0) is 20.8. The average Bonchev–Trinajstić information content (AvgIpc) is 3.13. The van der Waals surface area contributed by atoms with Crippen LogP contribution < -0.4 is 0 Å². The number of benzene rings is 2. The zero-order valence-corrected chi connectivity index (χ0v) is 17.2. The van der Waals surface area contributed by atoms with Crippen molar-refractivity contribution in [3.8, 4) is 0 Å². The topological polar surface area (TPSA) is 65.6 Å². The Morgan fingerprint density at radius 3 is 2.67 bits per heavy atom. The number of aromatic amines is 1. The Labute approximate surface area is 175 Å². The molecule has 2 aromatic carbocycles. The molecule has 2 amide bonds. The van der Waals surface area contributed by atoms with Crippen molar-refractivity contribution in [2.24, 2.45) is 0 Å². The molecule has 0 radical (unpaired) electrons. The van der Waals surface area contributed by atoms with Gasteiger partial charge in [-0.15, -0.1) is 0 Å². The Morgan fingerprint density at radius 1 is 1.10 bits per heavy atom. The van der Waals surface area contributed by atoms with Crippen molar-refractivity contribution < 1.29 is 14.3 Å². The van der Waals surface area contributed by atoms with Crippen LogP contribution in [0.5, 0.6) is 0 Å². The molecule has 6 heteroatoms. The van der Waals surface area contributed by atoms with Crippen molar-refractivity contribution in [2.45, 2.75) is 25.4 Å². The maximum Gasteiger partial charge on any atom is 0.246 e. The Kier molecular flexibility index (Phi) is 4.59. The van der Waals surface area contributed by atoms with E-state index in [9.17, 15) is 9.59 Å². The quantitative estimate of drug-likeness (QED) is 0.729. The number of aromatic nitrogens is 1. The highest BCUT2D eigenvalue weighted by molar-refractivity contribution is 5.97. The second kappa shape index (κ2) is 7.29. The molecule has 3 aromatic rings. The maximum atomic E-state index is 13.4. The molecule has 154 valence electrons. The van der Waals surface area contributed by atoms with E-state index >= 15 is 0 Å². The summed E-state index contributed by atoms with van der Waals surface area (Å²) >= 11 is 0. The molecular weight excluding hydrogens is 378 g/mol. The van der Waals surface area contributed by atoms with Crippen LogP contribution in [0.15, 0.2) is 48.5 Å². The highest BCUT2D eigenvalue weighted by Gasteiger charge is 2.48. The van der Waals surface area contributed by atoms with Crippen LogP contribution in [0.4, 0.5) is 0 Å². The summed E-state index contributed by atoms with van der Waals surface area (Å²) < 4.78 is 5.15. The molecule has 1 saturated heterocycles. The van der Waals surface area contributed by atoms with E-state index in [4.69, 9.17) is 4.74 Å². The summed E-state index contributed by atoms with van der Waals surface area (Å²) in [4.78, 5) is 33.8. The van der Waals surface area contributed by atoms with Gasteiger partial charge in [0.15, 0.2) is 0 Å². The lowest BCUT2D eigenvalue weighted by molar-refractivity contribution is -0.159. The molecule has 2 aliphatic heterocycles. The minimum atomic E-state index is -0.501. The number of carbonyl (C=O) groups excluding carboxylic acids is 2. The number of nitrogens with zero attached hydrogens (tertiary/aromatic N) is 2. The Morgan fingerprint density at radius 2 is 1.87 bits per heavy atom. The molecule has 2 aliphatic rings. The first-order valence-electron chi connectivity index (χ1n) is 10.3. The first kappa shape index (κ1) is 18.9. The van der Waals surface area contributed by atoms with Gasteiger partial charge in [-0.25, -0.2) is 0 Å². The number of methoxy groups -OCH3 is 1. The smallest absolute Gasteiger partial charge is 0.246 e.